The van der Waals surface area contributed by atoms with Crippen molar-refractivity contribution in [1.29, 1.82) is 0 Å². The standard InChI is InChI=1S/C25H27FN2O3.C20H19FN2O.C17H13NO2.C13H19FN2O2.ClH/c1-25(2,3)31-24(30)28-16-21(18-6-8-22(26)9-7-18)14-23(29)13-17-4-5-20-15-27-11-10-19(20)12-17;21-19-5-3-15(4-6-19)18(12-22)11-20(24)10-14-1-2-17-13-23-8-7-16(17)9-14;19-17(20-16-4-2-1-3-5-16)11-13-6-7-15-12-18-9-8-14(15)10-13;1-13(2,3)18-12(17)16-8-11(15)9-4-6-10(14)7-5-9;/h4-12,15,21H,13-14,16H2,1-3H3,(H,28,30);1-9,13,18H,10-12,22H2;1-10,12H,11H2;4-7,11H,8,15H2,1-3H3,(H,16,17);1H. The van der Waals surface area contributed by atoms with Gasteiger partial charge in [0.25, 0.3) is 0 Å². The number of fused-ring (bicyclic) bond motifs is 3. The lowest BCUT2D eigenvalue weighted by atomic mass is 9.91. The first kappa shape index (κ1) is 73.2. The first-order valence-electron chi connectivity index (χ1n) is 30.4. The van der Waals surface area contributed by atoms with Gasteiger partial charge in [0, 0.05) is 110 Å². The summed E-state index contributed by atoms with van der Waals surface area (Å²) in [6, 6.07) is 50.3. The van der Waals surface area contributed by atoms with E-state index in [1.54, 1.807) is 127 Å². The Hall–Kier alpha value is -9.88. The molecule has 3 aromatic heterocycles. The Balaban J connectivity index is 0.000000202. The van der Waals surface area contributed by atoms with Crippen LogP contribution < -0.4 is 26.8 Å². The summed E-state index contributed by atoms with van der Waals surface area (Å²) in [6.07, 6.45) is 11.0. The largest absolute Gasteiger partial charge is 0.444 e. The lowest BCUT2D eigenvalue weighted by Gasteiger charge is -2.22. The second-order valence-electron chi connectivity index (χ2n) is 24.1. The van der Waals surface area contributed by atoms with Crippen molar-refractivity contribution in [3.63, 3.8) is 0 Å². The number of carbonyl (C=O) groups is 5. The number of hydrogen-bond donors (Lipinski definition) is 4. The number of aromatic nitrogens is 3. The van der Waals surface area contributed by atoms with Crippen molar-refractivity contribution in [2.75, 3.05) is 19.6 Å². The highest BCUT2D eigenvalue weighted by Crippen LogP contribution is 2.25. The molecule has 7 aromatic carbocycles. The van der Waals surface area contributed by atoms with Gasteiger partial charge in [0.1, 0.15) is 46.0 Å². The molecule has 10 aromatic rings. The van der Waals surface area contributed by atoms with Gasteiger partial charge in [-0.1, -0.05) is 109 Å². The van der Waals surface area contributed by atoms with Crippen LogP contribution in [0, 0.1) is 17.5 Å². The highest BCUT2D eigenvalue weighted by atomic mass is 35.5. The number of rotatable bonds is 19. The number of nitrogens with two attached hydrogens (primary N) is 2. The van der Waals surface area contributed by atoms with E-state index < -0.39 is 29.4 Å². The molecule has 3 atom stereocenters. The van der Waals surface area contributed by atoms with Gasteiger partial charge in [-0.05, 0) is 164 Å². The molecule has 2 amide bonds. The first-order chi connectivity index (χ1) is 44.4. The number of benzene rings is 7. The molecule has 15 nitrogen and oxygen atoms in total. The monoisotopic (exact) mass is 1300 g/mol. The number of Topliss-reactive ketones (excluding diaryl/α,β-unsaturated/α-hetero) is 2. The maximum absolute atomic E-state index is 13.4. The Kier molecular flexibility index (Phi) is 27.9. The van der Waals surface area contributed by atoms with Crippen LogP contribution in [0.4, 0.5) is 22.8 Å². The summed E-state index contributed by atoms with van der Waals surface area (Å²) < 4.78 is 54.8. The van der Waals surface area contributed by atoms with E-state index in [-0.39, 0.29) is 91.6 Å². The first-order valence-corrected chi connectivity index (χ1v) is 30.4. The Bertz CT molecular complexity index is 4080. The molecule has 0 bridgehead atoms. The van der Waals surface area contributed by atoms with Gasteiger partial charge < -0.3 is 36.3 Å². The number of pyridine rings is 3. The number of amides is 2. The van der Waals surface area contributed by atoms with Crippen molar-refractivity contribution in [1.82, 2.24) is 25.6 Å². The fourth-order valence-electron chi connectivity index (χ4n) is 9.67. The molecule has 0 aliphatic heterocycles. The minimum Gasteiger partial charge on any atom is -0.444 e. The molecule has 0 spiro atoms. The highest BCUT2D eigenvalue weighted by Gasteiger charge is 2.22. The third-order valence-corrected chi connectivity index (χ3v) is 14.2. The van der Waals surface area contributed by atoms with E-state index >= 15 is 0 Å². The van der Waals surface area contributed by atoms with Crippen LogP contribution in [0.5, 0.6) is 5.75 Å². The fraction of sp³-hybridized carbons (Fsp3) is 0.253. The Morgan fingerprint density at radius 3 is 1.23 bits per heavy atom. The molecule has 3 heterocycles. The van der Waals surface area contributed by atoms with Crippen molar-refractivity contribution in [3.05, 3.63) is 264 Å². The highest BCUT2D eigenvalue weighted by molar-refractivity contribution is 5.88. The maximum Gasteiger partial charge on any atom is 0.407 e. The number of hydrogen-bond acceptors (Lipinski definition) is 13. The van der Waals surface area contributed by atoms with E-state index in [0.29, 0.717) is 25.1 Å². The number of nitrogens with zero attached hydrogens (tertiary/aromatic N) is 3. The minimum atomic E-state index is -0.614. The predicted molar refractivity (Wildman–Crippen MR) is 364 cm³/mol. The number of nitrogens with one attached hydrogen (secondary N) is 2. The smallest absolute Gasteiger partial charge is 0.407 e. The van der Waals surface area contributed by atoms with Gasteiger partial charge >= 0.3 is 18.2 Å². The number of ketones is 2. The molecule has 19 heteroatoms. The zero-order valence-electron chi connectivity index (χ0n) is 53.4. The zero-order chi connectivity index (χ0) is 66.9. The Morgan fingerprint density at radius 1 is 0.457 bits per heavy atom. The fourth-order valence-corrected chi connectivity index (χ4v) is 9.67. The average Bonchev–Trinajstić information content (AvgIpc) is 1.38. The molecule has 0 saturated carbocycles. The summed E-state index contributed by atoms with van der Waals surface area (Å²) in [5.41, 5.74) is 15.8. The summed E-state index contributed by atoms with van der Waals surface area (Å²) in [4.78, 5) is 72.9. The molecule has 0 aliphatic rings. The van der Waals surface area contributed by atoms with Gasteiger partial charge in [-0.3, -0.25) is 29.3 Å². The van der Waals surface area contributed by atoms with Crippen LogP contribution >= 0.6 is 12.4 Å². The lowest BCUT2D eigenvalue weighted by Crippen LogP contribution is -2.36. The Morgan fingerprint density at radius 2 is 0.830 bits per heavy atom. The van der Waals surface area contributed by atoms with E-state index in [9.17, 15) is 37.1 Å². The SMILES string of the molecule is CC(C)(C)OC(=O)NCC(CC(=O)Cc1ccc2cnccc2c1)c1ccc(F)cc1.CC(C)(C)OC(=O)NCC(N)c1ccc(F)cc1.Cl.NCC(CC(=O)Cc1ccc2cnccc2c1)c1ccc(F)cc1.O=C(Cc1ccc2cnccc2c1)Oc1ccccc1. The quantitative estimate of drug-likeness (QED) is 0.0437. The molecule has 3 unspecified atom stereocenters. The molecule has 0 aliphatic carbocycles. The second-order valence-corrected chi connectivity index (χ2v) is 24.1. The number of halogens is 4. The van der Waals surface area contributed by atoms with Crippen LogP contribution in [-0.2, 0) is 43.1 Å². The number of carbonyl (C=O) groups excluding carboxylic acids is 5. The van der Waals surface area contributed by atoms with Crippen molar-refractivity contribution in [3.8, 4) is 5.75 Å². The van der Waals surface area contributed by atoms with Crippen LogP contribution in [0.3, 0.4) is 0 Å². The molecule has 0 radical (unpaired) electrons. The molecule has 94 heavy (non-hydrogen) atoms. The van der Waals surface area contributed by atoms with Crippen molar-refractivity contribution in [2.45, 2.75) is 103 Å². The zero-order valence-corrected chi connectivity index (χ0v) is 54.2. The summed E-state index contributed by atoms with van der Waals surface area (Å²) in [5.74, 6) is -0.839. The van der Waals surface area contributed by atoms with Gasteiger partial charge in [0.15, 0.2) is 0 Å². The van der Waals surface area contributed by atoms with Gasteiger partial charge in [0.2, 0.25) is 0 Å². The average molecular weight is 1300 g/mol. The van der Waals surface area contributed by atoms with Gasteiger partial charge in [-0.2, -0.15) is 0 Å². The van der Waals surface area contributed by atoms with Gasteiger partial charge in [-0.15, -0.1) is 12.4 Å². The van der Waals surface area contributed by atoms with Gasteiger partial charge in [0.05, 0.1) is 6.42 Å². The predicted octanol–water partition coefficient (Wildman–Crippen LogP) is 15.0. The van der Waals surface area contributed by atoms with E-state index in [2.05, 4.69) is 25.6 Å². The van der Waals surface area contributed by atoms with Crippen LogP contribution in [-0.4, -0.2) is 75.5 Å². The van der Waals surface area contributed by atoms with E-state index in [1.807, 2.05) is 91.0 Å². The molecule has 490 valence electrons. The lowest BCUT2D eigenvalue weighted by molar-refractivity contribution is -0.133. The number of para-hydroxylation sites is 1. The second kappa shape index (κ2) is 35.8. The van der Waals surface area contributed by atoms with Crippen molar-refractivity contribution >= 4 is 74.4 Å². The van der Waals surface area contributed by atoms with Crippen LogP contribution in [0.2, 0.25) is 0 Å². The number of alkyl carbamates (subject to hydrolysis) is 2. The van der Waals surface area contributed by atoms with Crippen LogP contribution in [0.15, 0.2) is 213 Å². The minimum absolute atomic E-state index is 0. The van der Waals surface area contributed by atoms with Crippen LogP contribution in [0.1, 0.15) is 106 Å². The third-order valence-electron chi connectivity index (χ3n) is 14.2. The molecule has 10 rings (SSSR count). The molecular formula is C75H79ClF3N7O8. The summed E-state index contributed by atoms with van der Waals surface area (Å²) in [7, 11) is 0. The number of esters is 1. The molecule has 6 N–H and O–H groups in total. The van der Waals surface area contributed by atoms with E-state index in [1.165, 1.54) is 36.4 Å². The van der Waals surface area contributed by atoms with Crippen molar-refractivity contribution < 1.29 is 51.4 Å². The molecule has 0 saturated heterocycles. The number of ether oxygens (including phenoxy) is 3. The summed E-state index contributed by atoms with van der Waals surface area (Å²) >= 11 is 0. The molecular weight excluding hydrogens is 1220 g/mol. The normalized spacial score (nSPS) is 11.9. The van der Waals surface area contributed by atoms with E-state index in [4.69, 9.17) is 25.7 Å². The van der Waals surface area contributed by atoms with Crippen molar-refractivity contribution in [2.24, 2.45) is 11.5 Å². The van der Waals surface area contributed by atoms with Gasteiger partial charge in [-0.25, -0.2) is 22.8 Å². The molecule has 0 fully saturated rings. The summed E-state index contributed by atoms with van der Waals surface area (Å²) in [6.45, 7) is 11.5. The third kappa shape index (κ3) is 25.3. The van der Waals surface area contributed by atoms with Crippen LogP contribution in [0.25, 0.3) is 32.3 Å². The van der Waals surface area contributed by atoms with E-state index in [0.717, 1.165) is 65.7 Å². The summed E-state index contributed by atoms with van der Waals surface area (Å²) in [5, 5.41) is 11.6. The topological polar surface area (TPSA) is 228 Å². The maximum atomic E-state index is 13.4. The Labute approximate surface area is 552 Å².